The lowest BCUT2D eigenvalue weighted by molar-refractivity contribution is -0.138. The Balaban J connectivity index is 0.00000300. The van der Waals surface area contributed by atoms with Crippen LogP contribution in [0.25, 0.3) is 0 Å². The van der Waals surface area contributed by atoms with E-state index in [9.17, 15) is 4.79 Å². The Morgan fingerprint density at radius 1 is 1.00 bits per heavy atom. The van der Waals surface area contributed by atoms with Crippen LogP contribution in [-0.2, 0) is 9.53 Å². The van der Waals surface area contributed by atoms with Crippen LogP contribution in [0.1, 0.15) is 51.4 Å². The van der Waals surface area contributed by atoms with E-state index in [1.807, 2.05) is 21.1 Å². The highest BCUT2D eigenvalue weighted by Gasteiger charge is 2.43. The lowest BCUT2D eigenvalue weighted by Crippen LogP contribution is -2.59. The van der Waals surface area contributed by atoms with Crippen molar-refractivity contribution < 1.29 is 9.53 Å². The number of hydrogen-bond donors (Lipinski definition) is 2. The molecule has 0 spiro atoms. The number of amides is 1. The molecule has 1 amide bonds. The Morgan fingerprint density at radius 2 is 1.59 bits per heavy atom. The molecule has 0 unspecified atom stereocenters. The van der Waals surface area contributed by atoms with Gasteiger partial charge in [0.25, 0.3) is 0 Å². The Kier molecular flexibility index (Phi) is 9.47. The largest absolute Gasteiger partial charge is 0.381 e. The van der Waals surface area contributed by atoms with Gasteiger partial charge in [0.1, 0.15) is 0 Å². The molecule has 2 N–H and O–H groups in total. The maximum absolute atomic E-state index is 12.8. The van der Waals surface area contributed by atoms with Crippen LogP contribution in [0, 0.1) is 5.41 Å². The van der Waals surface area contributed by atoms with Gasteiger partial charge in [0.15, 0.2) is 5.96 Å². The standard InChI is InChI=1S/C21H39N5O2.HI/c1-22-19(23-16-20(8-4-5-9-20)18(27)25(2)3)24-17-21(10-14-28-15-11-21)26-12-6-7-13-26;/h4-17H2,1-3H3,(H2,22,23,24);1H. The third-order valence-electron chi connectivity index (χ3n) is 7.02. The van der Waals surface area contributed by atoms with E-state index in [-0.39, 0.29) is 40.8 Å². The first-order valence-corrected chi connectivity index (χ1v) is 11.0. The lowest BCUT2D eigenvalue weighted by atomic mass is 9.84. The number of nitrogens with one attached hydrogen (secondary N) is 2. The molecule has 2 saturated heterocycles. The summed E-state index contributed by atoms with van der Waals surface area (Å²) < 4.78 is 5.65. The molecule has 168 valence electrons. The number of carbonyl (C=O) groups is 1. The summed E-state index contributed by atoms with van der Waals surface area (Å²) in [7, 11) is 5.54. The number of carbonyl (C=O) groups excluding carboxylic acids is 1. The zero-order valence-corrected chi connectivity index (χ0v) is 20.8. The van der Waals surface area contributed by atoms with Gasteiger partial charge in [-0.25, -0.2) is 0 Å². The summed E-state index contributed by atoms with van der Waals surface area (Å²) in [6.45, 7) is 5.59. The van der Waals surface area contributed by atoms with Gasteiger partial charge < -0.3 is 20.3 Å². The van der Waals surface area contributed by atoms with Gasteiger partial charge >= 0.3 is 0 Å². The summed E-state index contributed by atoms with van der Waals surface area (Å²) in [5.41, 5.74) is -0.122. The van der Waals surface area contributed by atoms with E-state index < -0.39 is 0 Å². The molecule has 1 saturated carbocycles. The SMILES string of the molecule is CN=C(NCC1(C(=O)N(C)C)CCCC1)NCC1(N2CCCC2)CCOCC1.I. The fraction of sp³-hybridized carbons (Fsp3) is 0.905. The molecule has 2 aliphatic heterocycles. The Morgan fingerprint density at radius 3 is 2.14 bits per heavy atom. The van der Waals surface area contributed by atoms with Crippen molar-refractivity contribution >= 4 is 35.8 Å². The van der Waals surface area contributed by atoms with Crippen LogP contribution in [0.4, 0.5) is 0 Å². The molecule has 2 heterocycles. The zero-order valence-electron chi connectivity index (χ0n) is 18.5. The minimum Gasteiger partial charge on any atom is -0.381 e. The van der Waals surface area contributed by atoms with Gasteiger partial charge in [0.2, 0.25) is 5.91 Å². The van der Waals surface area contributed by atoms with Crippen molar-refractivity contribution in [2.24, 2.45) is 10.4 Å². The molecule has 1 aliphatic carbocycles. The van der Waals surface area contributed by atoms with Crippen LogP contribution in [0.15, 0.2) is 4.99 Å². The van der Waals surface area contributed by atoms with Crippen molar-refractivity contribution in [2.45, 2.75) is 56.9 Å². The van der Waals surface area contributed by atoms with E-state index in [1.165, 1.54) is 25.9 Å². The fourth-order valence-corrected chi connectivity index (χ4v) is 5.26. The number of rotatable bonds is 6. The van der Waals surface area contributed by atoms with Gasteiger partial charge in [-0.1, -0.05) is 12.8 Å². The molecule has 3 aliphatic rings. The molecule has 0 aromatic rings. The number of ether oxygens (including phenoxy) is 1. The van der Waals surface area contributed by atoms with E-state index in [0.717, 1.165) is 64.2 Å². The van der Waals surface area contributed by atoms with Crippen LogP contribution in [0.2, 0.25) is 0 Å². The van der Waals surface area contributed by atoms with E-state index >= 15 is 0 Å². The Bertz CT molecular complexity index is 551. The molecule has 0 aromatic heterocycles. The molecular weight excluding hydrogens is 481 g/mol. The Labute approximate surface area is 193 Å². The van der Waals surface area contributed by atoms with Crippen molar-refractivity contribution in [3.05, 3.63) is 0 Å². The first-order valence-electron chi connectivity index (χ1n) is 11.0. The summed E-state index contributed by atoms with van der Waals surface area (Å²) >= 11 is 0. The number of likely N-dealkylation sites (tertiary alicyclic amines) is 1. The minimum absolute atomic E-state index is 0. The maximum Gasteiger partial charge on any atom is 0.230 e. The summed E-state index contributed by atoms with van der Waals surface area (Å²) in [5.74, 6) is 1.05. The van der Waals surface area contributed by atoms with Crippen molar-refractivity contribution in [3.63, 3.8) is 0 Å². The molecule has 0 aromatic carbocycles. The summed E-state index contributed by atoms with van der Waals surface area (Å²) in [6.07, 6.45) is 8.92. The van der Waals surface area contributed by atoms with Gasteiger partial charge in [-0.3, -0.25) is 14.7 Å². The summed E-state index contributed by atoms with van der Waals surface area (Å²) in [6, 6.07) is 0. The normalized spacial score (nSPS) is 24.0. The molecule has 7 nitrogen and oxygen atoms in total. The molecule has 3 fully saturated rings. The number of halogens is 1. The van der Waals surface area contributed by atoms with Gasteiger partial charge in [-0.2, -0.15) is 0 Å². The molecule has 0 radical (unpaired) electrons. The third-order valence-corrected chi connectivity index (χ3v) is 7.02. The quantitative estimate of drug-likeness (QED) is 0.318. The first-order chi connectivity index (χ1) is 13.5. The van der Waals surface area contributed by atoms with E-state index in [2.05, 4.69) is 20.5 Å². The van der Waals surface area contributed by atoms with Crippen molar-refractivity contribution in [3.8, 4) is 0 Å². The van der Waals surface area contributed by atoms with Crippen LogP contribution >= 0.6 is 24.0 Å². The van der Waals surface area contributed by atoms with Gasteiger partial charge in [0, 0.05) is 53.0 Å². The second-order valence-electron chi connectivity index (χ2n) is 9.00. The zero-order chi connectivity index (χ0) is 20.0. The third kappa shape index (κ3) is 5.76. The van der Waals surface area contributed by atoms with Gasteiger partial charge in [0.05, 0.1) is 5.41 Å². The topological polar surface area (TPSA) is 69.2 Å². The number of nitrogens with zero attached hydrogens (tertiary/aromatic N) is 3. The molecular formula is C21H40IN5O2. The van der Waals surface area contributed by atoms with Crippen LogP contribution in [0.3, 0.4) is 0 Å². The Hall–Kier alpha value is -0.610. The number of hydrogen-bond acceptors (Lipinski definition) is 4. The first kappa shape index (κ1) is 24.7. The van der Waals surface area contributed by atoms with Gasteiger partial charge in [-0.15, -0.1) is 24.0 Å². The number of aliphatic imine (C=N–C) groups is 1. The summed E-state index contributed by atoms with van der Waals surface area (Å²) in [5, 5.41) is 7.06. The fourth-order valence-electron chi connectivity index (χ4n) is 5.26. The van der Waals surface area contributed by atoms with E-state index in [4.69, 9.17) is 4.74 Å². The van der Waals surface area contributed by atoms with E-state index in [0.29, 0.717) is 6.54 Å². The predicted octanol–water partition coefficient (Wildman–Crippen LogP) is 2.06. The maximum atomic E-state index is 12.8. The van der Waals surface area contributed by atoms with Crippen LogP contribution < -0.4 is 10.6 Å². The lowest BCUT2D eigenvalue weighted by Gasteiger charge is -2.45. The molecule has 3 rings (SSSR count). The minimum atomic E-state index is -0.285. The number of guanidine groups is 1. The monoisotopic (exact) mass is 521 g/mol. The summed E-state index contributed by atoms with van der Waals surface area (Å²) in [4.78, 5) is 21.6. The van der Waals surface area contributed by atoms with Crippen LogP contribution in [0.5, 0.6) is 0 Å². The van der Waals surface area contributed by atoms with Crippen molar-refractivity contribution in [2.75, 3.05) is 60.5 Å². The molecule has 29 heavy (non-hydrogen) atoms. The highest BCUT2D eigenvalue weighted by atomic mass is 127. The van der Waals surface area contributed by atoms with Gasteiger partial charge in [-0.05, 0) is 51.6 Å². The highest BCUT2D eigenvalue weighted by Crippen LogP contribution is 2.39. The second-order valence-corrected chi connectivity index (χ2v) is 9.00. The average Bonchev–Trinajstić information content (AvgIpc) is 3.41. The molecule has 0 atom stereocenters. The molecule has 0 bridgehead atoms. The highest BCUT2D eigenvalue weighted by molar-refractivity contribution is 14.0. The predicted molar refractivity (Wildman–Crippen MR) is 128 cm³/mol. The van der Waals surface area contributed by atoms with Crippen molar-refractivity contribution in [1.29, 1.82) is 0 Å². The molecule has 8 heteroatoms. The average molecular weight is 521 g/mol. The van der Waals surface area contributed by atoms with Crippen LogP contribution in [-0.4, -0.2) is 87.7 Å². The second kappa shape index (κ2) is 11.1. The van der Waals surface area contributed by atoms with E-state index in [1.54, 1.807) is 4.90 Å². The van der Waals surface area contributed by atoms with Crippen molar-refractivity contribution in [1.82, 2.24) is 20.4 Å². The smallest absolute Gasteiger partial charge is 0.230 e.